The average Bonchev–Trinajstić information content (AvgIpc) is 2.85. The molecule has 2 rings (SSSR count). The lowest BCUT2D eigenvalue weighted by atomic mass is 10.2. The number of aromatic nitrogens is 2. The van der Waals surface area contributed by atoms with Crippen molar-refractivity contribution in [1.29, 1.82) is 0 Å². The van der Waals surface area contributed by atoms with Gasteiger partial charge < -0.3 is 10.1 Å². The lowest BCUT2D eigenvalue weighted by Gasteiger charge is -2.07. The van der Waals surface area contributed by atoms with Crippen LogP contribution in [0.3, 0.4) is 0 Å². The first-order chi connectivity index (χ1) is 9.20. The molecule has 0 aliphatic rings. The Kier molecular flexibility index (Phi) is 4.99. The first-order valence-corrected chi connectivity index (χ1v) is 7.30. The highest BCUT2D eigenvalue weighted by molar-refractivity contribution is 7.10. The van der Waals surface area contributed by atoms with Crippen LogP contribution in [-0.4, -0.2) is 16.1 Å². The maximum absolute atomic E-state index is 5.98. The lowest BCUT2D eigenvalue weighted by molar-refractivity contribution is 0.301. The number of benzene rings is 1. The second-order valence-electron chi connectivity index (χ2n) is 4.18. The smallest absolute Gasteiger partial charge is 0.136 e. The SMILES string of the molecule is CCCNc1snnc1COc1ccc(Cl)c(C)c1. The van der Waals surface area contributed by atoms with E-state index in [-0.39, 0.29) is 0 Å². The molecule has 0 unspecified atom stereocenters. The van der Waals surface area contributed by atoms with Crippen LogP contribution in [0.1, 0.15) is 24.6 Å². The van der Waals surface area contributed by atoms with Gasteiger partial charge in [-0.1, -0.05) is 23.0 Å². The van der Waals surface area contributed by atoms with E-state index in [1.165, 1.54) is 11.5 Å². The summed E-state index contributed by atoms with van der Waals surface area (Å²) in [6.45, 7) is 5.39. The molecular formula is C13H16ClN3OS. The summed E-state index contributed by atoms with van der Waals surface area (Å²) in [5.74, 6) is 0.788. The standard InChI is InChI=1S/C13H16ClN3OS/c1-3-6-15-13-12(16-17-19-13)8-18-10-4-5-11(14)9(2)7-10/h4-5,7,15H,3,6,8H2,1-2H3. The number of hydrogen-bond donors (Lipinski definition) is 1. The molecule has 0 aliphatic carbocycles. The Labute approximate surface area is 121 Å². The van der Waals surface area contributed by atoms with E-state index < -0.39 is 0 Å². The monoisotopic (exact) mass is 297 g/mol. The summed E-state index contributed by atoms with van der Waals surface area (Å²) in [5, 5.41) is 9.09. The number of halogens is 1. The van der Waals surface area contributed by atoms with Crippen LogP contribution in [0.25, 0.3) is 0 Å². The van der Waals surface area contributed by atoms with Gasteiger partial charge in [0.25, 0.3) is 0 Å². The zero-order valence-electron chi connectivity index (χ0n) is 10.9. The van der Waals surface area contributed by atoms with E-state index in [0.717, 1.165) is 40.0 Å². The molecule has 1 N–H and O–H groups in total. The predicted octanol–water partition coefficient (Wildman–Crippen LogP) is 3.90. The van der Waals surface area contributed by atoms with Crippen molar-refractivity contribution in [3.05, 3.63) is 34.5 Å². The van der Waals surface area contributed by atoms with Crippen molar-refractivity contribution in [2.45, 2.75) is 26.9 Å². The Morgan fingerprint density at radius 2 is 2.26 bits per heavy atom. The second kappa shape index (κ2) is 6.73. The van der Waals surface area contributed by atoms with Crippen LogP contribution < -0.4 is 10.1 Å². The number of nitrogens with zero attached hydrogens (tertiary/aromatic N) is 2. The number of rotatable bonds is 6. The van der Waals surface area contributed by atoms with E-state index in [0.29, 0.717) is 6.61 Å². The van der Waals surface area contributed by atoms with Gasteiger partial charge in [0.15, 0.2) is 0 Å². The molecule has 0 spiro atoms. The van der Waals surface area contributed by atoms with Gasteiger partial charge >= 0.3 is 0 Å². The van der Waals surface area contributed by atoms with Gasteiger partial charge in [-0.05, 0) is 37.1 Å². The average molecular weight is 298 g/mol. The Balaban J connectivity index is 1.98. The Morgan fingerprint density at radius 1 is 1.42 bits per heavy atom. The highest BCUT2D eigenvalue weighted by atomic mass is 35.5. The van der Waals surface area contributed by atoms with Crippen LogP contribution in [0.15, 0.2) is 18.2 Å². The second-order valence-corrected chi connectivity index (χ2v) is 5.34. The first kappa shape index (κ1) is 14.1. The minimum Gasteiger partial charge on any atom is -0.487 e. The summed E-state index contributed by atoms with van der Waals surface area (Å²) in [6, 6.07) is 5.61. The molecule has 4 nitrogen and oxygen atoms in total. The van der Waals surface area contributed by atoms with Crippen molar-refractivity contribution in [1.82, 2.24) is 9.59 Å². The molecule has 0 saturated heterocycles. The minimum absolute atomic E-state index is 0.406. The molecule has 0 bridgehead atoms. The zero-order chi connectivity index (χ0) is 13.7. The van der Waals surface area contributed by atoms with E-state index in [1.54, 1.807) is 0 Å². The number of ether oxygens (including phenoxy) is 1. The molecule has 102 valence electrons. The van der Waals surface area contributed by atoms with Crippen LogP contribution in [0, 0.1) is 6.92 Å². The number of nitrogens with one attached hydrogen (secondary N) is 1. The van der Waals surface area contributed by atoms with E-state index in [4.69, 9.17) is 16.3 Å². The van der Waals surface area contributed by atoms with E-state index in [9.17, 15) is 0 Å². The van der Waals surface area contributed by atoms with Crippen molar-refractivity contribution in [3.8, 4) is 5.75 Å². The topological polar surface area (TPSA) is 47.0 Å². The third kappa shape index (κ3) is 3.81. The zero-order valence-corrected chi connectivity index (χ0v) is 12.5. The largest absolute Gasteiger partial charge is 0.487 e. The number of aryl methyl sites for hydroxylation is 1. The fourth-order valence-electron chi connectivity index (χ4n) is 1.53. The summed E-state index contributed by atoms with van der Waals surface area (Å²) < 4.78 is 9.66. The van der Waals surface area contributed by atoms with Crippen molar-refractivity contribution in [2.75, 3.05) is 11.9 Å². The van der Waals surface area contributed by atoms with Crippen LogP contribution in [0.2, 0.25) is 5.02 Å². The van der Waals surface area contributed by atoms with Gasteiger partial charge in [-0.25, -0.2) is 0 Å². The molecule has 0 saturated carbocycles. The Morgan fingerprint density at radius 3 is 3.00 bits per heavy atom. The van der Waals surface area contributed by atoms with Gasteiger partial charge in [0.2, 0.25) is 0 Å². The van der Waals surface area contributed by atoms with Gasteiger partial charge in [-0.2, -0.15) is 0 Å². The van der Waals surface area contributed by atoms with Crippen LogP contribution in [-0.2, 0) is 6.61 Å². The quantitative estimate of drug-likeness (QED) is 0.878. The molecule has 0 amide bonds. The summed E-state index contributed by atoms with van der Waals surface area (Å²) in [6.07, 6.45) is 1.06. The highest BCUT2D eigenvalue weighted by Gasteiger charge is 2.08. The normalized spacial score (nSPS) is 10.5. The van der Waals surface area contributed by atoms with Gasteiger partial charge in [0.1, 0.15) is 23.1 Å². The van der Waals surface area contributed by atoms with Gasteiger partial charge in [0.05, 0.1) is 0 Å². The van der Waals surface area contributed by atoms with Gasteiger partial charge in [0, 0.05) is 23.1 Å². The molecule has 19 heavy (non-hydrogen) atoms. The van der Waals surface area contributed by atoms with E-state index >= 15 is 0 Å². The third-order valence-corrected chi connectivity index (χ3v) is 3.75. The first-order valence-electron chi connectivity index (χ1n) is 6.14. The summed E-state index contributed by atoms with van der Waals surface area (Å²) in [4.78, 5) is 0. The molecule has 1 aromatic carbocycles. The van der Waals surface area contributed by atoms with Gasteiger partial charge in [-0.3, -0.25) is 0 Å². The minimum atomic E-state index is 0.406. The molecule has 1 aromatic heterocycles. The van der Waals surface area contributed by atoms with Crippen LogP contribution in [0.4, 0.5) is 5.00 Å². The molecule has 2 aromatic rings. The van der Waals surface area contributed by atoms with Crippen LogP contribution in [0.5, 0.6) is 5.75 Å². The fraction of sp³-hybridized carbons (Fsp3) is 0.385. The number of hydrogen-bond acceptors (Lipinski definition) is 5. The summed E-state index contributed by atoms with van der Waals surface area (Å²) in [7, 11) is 0. The van der Waals surface area contributed by atoms with Crippen molar-refractivity contribution in [2.24, 2.45) is 0 Å². The van der Waals surface area contributed by atoms with Crippen molar-refractivity contribution < 1.29 is 4.74 Å². The fourth-order valence-corrected chi connectivity index (χ4v) is 2.24. The lowest BCUT2D eigenvalue weighted by Crippen LogP contribution is -2.03. The van der Waals surface area contributed by atoms with Gasteiger partial charge in [-0.15, -0.1) is 5.10 Å². The summed E-state index contributed by atoms with van der Waals surface area (Å²) in [5.41, 5.74) is 1.84. The maximum atomic E-state index is 5.98. The summed E-state index contributed by atoms with van der Waals surface area (Å²) >= 11 is 7.33. The van der Waals surface area contributed by atoms with Crippen molar-refractivity contribution in [3.63, 3.8) is 0 Å². The van der Waals surface area contributed by atoms with Crippen molar-refractivity contribution >= 4 is 28.1 Å². The van der Waals surface area contributed by atoms with E-state index in [1.807, 2.05) is 25.1 Å². The maximum Gasteiger partial charge on any atom is 0.136 e. The van der Waals surface area contributed by atoms with Crippen LogP contribution >= 0.6 is 23.1 Å². The third-order valence-electron chi connectivity index (χ3n) is 2.60. The molecule has 6 heteroatoms. The predicted molar refractivity (Wildman–Crippen MR) is 79.2 cm³/mol. The Hall–Kier alpha value is -1.33. The molecule has 0 atom stereocenters. The molecule has 0 fully saturated rings. The highest BCUT2D eigenvalue weighted by Crippen LogP contribution is 2.23. The molecule has 0 radical (unpaired) electrons. The molecule has 1 heterocycles. The molecule has 0 aliphatic heterocycles. The van der Waals surface area contributed by atoms with E-state index in [2.05, 4.69) is 21.8 Å². The Bertz CT molecular complexity index is 544. The number of anilines is 1. The molecular weight excluding hydrogens is 282 g/mol.